The maximum absolute atomic E-state index is 3.87. The summed E-state index contributed by atoms with van der Waals surface area (Å²) in [7, 11) is 0. The Balaban J connectivity index is 2.49. The highest BCUT2D eigenvalue weighted by Crippen LogP contribution is 2.09. The first-order valence-corrected chi connectivity index (χ1v) is 3.83. The largest absolute Gasteiger partial charge is 0.328 e. The molecule has 1 heterocycles. The van der Waals surface area contributed by atoms with Gasteiger partial charge in [0.05, 0.1) is 0 Å². The van der Waals surface area contributed by atoms with E-state index in [4.69, 9.17) is 0 Å². The van der Waals surface area contributed by atoms with Gasteiger partial charge in [0.15, 0.2) is 5.08 Å². The maximum atomic E-state index is 3.87. The number of alkyl halides is 1. The molecule has 1 unspecified atom stereocenters. The number of nitrogens with one attached hydrogen (secondary N) is 1. The van der Waals surface area contributed by atoms with E-state index in [9.17, 15) is 0 Å². The maximum Gasteiger partial charge on any atom is 0.173 e. The van der Waals surface area contributed by atoms with Crippen molar-refractivity contribution >= 4 is 22.3 Å². The average Bonchev–Trinajstić information content (AvgIpc) is 2.13. The summed E-state index contributed by atoms with van der Waals surface area (Å²) in [5.41, 5.74) is 2.86. The summed E-state index contributed by atoms with van der Waals surface area (Å²) in [6, 6.07) is 0.494. The normalized spacial score (nSPS) is 25.3. The first-order chi connectivity index (χ1) is 4.22. The lowest BCUT2D eigenvalue weighted by molar-refractivity contribution is 0.342. The van der Waals surface area contributed by atoms with E-state index in [2.05, 4.69) is 45.2 Å². The van der Waals surface area contributed by atoms with Crippen LogP contribution in [0.15, 0.2) is 5.10 Å². The van der Waals surface area contributed by atoms with Crippen molar-refractivity contribution in [1.29, 1.82) is 0 Å². The number of halogens is 1. The second-order valence-corrected chi connectivity index (χ2v) is 3.12. The molecule has 0 saturated carbocycles. The minimum absolute atomic E-state index is 0.178. The predicted octanol–water partition coefficient (Wildman–Crippen LogP) is 0.922. The molecule has 1 aliphatic heterocycles. The molecule has 0 spiro atoms. The molecule has 0 aromatic carbocycles. The van der Waals surface area contributed by atoms with Gasteiger partial charge in [-0.05, 0) is 29.8 Å². The van der Waals surface area contributed by atoms with Crippen molar-refractivity contribution in [3.8, 4) is 0 Å². The van der Waals surface area contributed by atoms with Crippen LogP contribution in [0.3, 0.4) is 0 Å². The quantitative estimate of drug-likeness (QED) is 0.494. The SMILES string of the molecule is CC(C)N1C=NNC1Br. The lowest BCUT2D eigenvalue weighted by Gasteiger charge is -2.22. The van der Waals surface area contributed by atoms with Crippen LogP contribution in [-0.2, 0) is 0 Å². The van der Waals surface area contributed by atoms with Crippen molar-refractivity contribution in [3.63, 3.8) is 0 Å². The zero-order chi connectivity index (χ0) is 6.85. The van der Waals surface area contributed by atoms with Gasteiger partial charge in [-0.3, -0.25) is 5.43 Å². The third-order valence-corrected chi connectivity index (χ3v) is 1.91. The van der Waals surface area contributed by atoms with Crippen LogP contribution in [-0.4, -0.2) is 22.4 Å². The summed E-state index contributed by atoms with van der Waals surface area (Å²) in [4.78, 5) is 2.08. The minimum Gasteiger partial charge on any atom is -0.328 e. The van der Waals surface area contributed by atoms with Crippen molar-refractivity contribution in [2.75, 3.05) is 0 Å². The highest BCUT2D eigenvalue weighted by Gasteiger charge is 2.17. The van der Waals surface area contributed by atoms with Crippen molar-refractivity contribution < 1.29 is 0 Å². The third kappa shape index (κ3) is 1.36. The van der Waals surface area contributed by atoms with Crippen molar-refractivity contribution in [2.45, 2.75) is 25.0 Å². The number of nitrogens with zero attached hydrogens (tertiary/aromatic N) is 2. The second kappa shape index (κ2) is 2.56. The standard InChI is InChI=1S/C5H10BrN3/c1-4(2)9-3-7-8-5(9)6/h3-5,8H,1-2H3. The second-order valence-electron chi connectivity index (χ2n) is 2.25. The molecule has 1 atom stereocenters. The molecule has 1 N–H and O–H groups in total. The van der Waals surface area contributed by atoms with Gasteiger partial charge in [0.1, 0.15) is 6.34 Å². The van der Waals surface area contributed by atoms with Gasteiger partial charge in [-0.25, -0.2) is 0 Å². The summed E-state index contributed by atoms with van der Waals surface area (Å²) in [5.74, 6) is 0. The van der Waals surface area contributed by atoms with Crippen LogP contribution in [0.1, 0.15) is 13.8 Å². The summed E-state index contributed by atoms with van der Waals surface area (Å²) < 4.78 is 0. The van der Waals surface area contributed by atoms with Crippen LogP contribution in [0.25, 0.3) is 0 Å². The molecule has 3 nitrogen and oxygen atoms in total. The van der Waals surface area contributed by atoms with Crippen LogP contribution >= 0.6 is 15.9 Å². The Morgan fingerprint density at radius 2 is 2.44 bits per heavy atom. The van der Waals surface area contributed by atoms with E-state index in [1.807, 2.05) is 0 Å². The fraction of sp³-hybridized carbons (Fsp3) is 0.800. The highest BCUT2D eigenvalue weighted by atomic mass is 79.9. The number of hydrazone groups is 1. The smallest absolute Gasteiger partial charge is 0.173 e. The Morgan fingerprint density at radius 1 is 1.78 bits per heavy atom. The molecule has 0 fully saturated rings. The minimum atomic E-state index is 0.178. The van der Waals surface area contributed by atoms with Crippen LogP contribution < -0.4 is 5.43 Å². The van der Waals surface area contributed by atoms with E-state index >= 15 is 0 Å². The van der Waals surface area contributed by atoms with Crippen molar-refractivity contribution in [1.82, 2.24) is 10.3 Å². The molecule has 4 heteroatoms. The fourth-order valence-electron chi connectivity index (χ4n) is 0.682. The topological polar surface area (TPSA) is 27.6 Å². The van der Waals surface area contributed by atoms with Crippen molar-refractivity contribution in [3.05, 3.63) is 0 Å². The molecule has 0 saturated heterocycles. The molecule has 1 aliphatic rings. The Labute approximate surface area is 63.2 Å². The molecule has 0 aliphatic carbocycles. The monoisotopic (exact) mass is 191 g/mol. The van der Waals surface area contributed by atoms with Crippen LogP contribution in [0.5, 0.6) is 0 Å². The molecular weight excluding hydrogens is 182 g/mol. The summed E-state index contributed by atoms with van der Waals surface area (Å²) in [6.07, 6.45) is 1.80. The lowest BCUT2D eigenvalue weighted by atomic mass is 10.4. The van der Waals surface area contributed by atoms with Gasteiger partial charge in [0.25, 0.3) is 0 Å². The van der Waals surface area contributed by atoms with Crippen LogP contribution in [0.4, 0.5) is 0 Å². The third-order valence-electron chi connectivity index (χ3n) is 1.23. The lowest BCUT2D eigenvalue weighted by Crippen LogP contribution is -2.36. The van der Waals surface area contributed by atoms with Crippen LogP contribution in [0.2, 0.25) is 0 Å². The molecule has 0 radical (unpaired) electrons. The van der Waals surface area contributed by atoms with Gasteiger partial charge in [-0.2, -0.15) is 5.10 Å². The molecule has 9 heavy (non-hydrogen) atoms. The molecule has 0 aromatic heterocycles. The van der Waals surface area contributed by atoms with Crippen LogP contribution in [0, 0.1) is 0 Å². The molecular formula is C5H10BrN3. The first-order valence-electron chi connectivity index (χ1n) is 2.92. The molecule has 0 amide bonds. The average molecular weight is 192 g/mol. The van der Waals surface area contributed by atoms with E-state index < -0.39 is 0 Å². The van der Waals surface area contributed by atoms with E-state index in [-0.39, 0.29) is 5.08 Å². The molecule has 1 rings (SSSR count). The molecule has 0 aromatic rings. The number of hydrogen-bond donors (Lipinski definition) is 1. The predicted molar refractivity (Wildman–Crippen MR) is 41.3 cm³/mol. The van der Waals surface area contributed by atoms with E-state index in [1.54, 1.807) is 6.34 Å². The first kappa shape index (κ1) is 6.86. The Bertz CT molecular complexity index is 123. The fourth-order valence-corrected chi connectivity index (χ4v) is 1.38. The zero-order valence-corrected chi connectivity index (χ0v) is 7.09. The Hall–Kier alpha value is -0.250. The molecule has 52 valence electrons. The van der Waals surface area contributed by atoms with Gasteiger partial charge in [0, 0.05) is 6.04 Å². The molecule has 0 bridgehead atoms. The Kier molecular flexibility index (Phi) is 1.95. The van der Waals surface area contributed by atoms with Gasteiger partial charge >= 0.3 is 0 Å². The van der Waals surface area contributed by atoms with Gasteiger partial charge in [-0.15, -0.1) is 0 Å². The summed E-state index contributed by atoms with van der Waals surface area (Å²) in [6.45, 7) is 4.24. The summed E-state index contributed by atoms with van der Waals surface area (Å²) >= 11 is 3.40. The van der Waals surface area contributed by atoms with Gasteiger partial charge in [-0.1, -0.05) is 0 Å². The summed E-state index contributed by atoms with van der Waals surface area (Å²) in [5, 5.41) is 4.05. The van der Waals surface area contributed by atoms with Gasteiger partial charge < -0.3 is 4.90 Å². The zero-order valence-electron chi connectivity index (χ0n) is 5.50. The van der Waals surface area contributed by atoms with E-state index in [1.165, 1.54) is 0 Å². The van der Waals surface area contributed by atoms with Crippen molar-refractivity contribution in [2.24, 2.45) is 5.10 Å². The van der Waals surface area contributed by atoms with E-state index in [0.717, 1.165) is 0 Å². The number of rotatable bonds is 1. The Morgan fingerprint density at radius 3 is 2.67 bits per heavy atom. The highest BCUT2D eigenvalue weighted by molar-refractivity contribution is 9.09. The van der Waals surface area contributed by atoms with Gasteiger partial charge in [0.2, 0.25) is 0 Å². The number of hydrogen-bond acceptors (Lipinski definition) is 3. The van der Waals surface area contributed by atoms with E-state index in [0.29, 0.717) is 6.04 Å².